The summed E-state index contributed by atoms with van der Waals surface area (Å²) in [4.78, 5) is 11.4. The smallest absolute Gasteiger partial charge is 0.497 e. The number of cyclic esters (lactones) is 1. The van der Waals surface area contributed by atoms with Crippen LogP contribution in [0, 0.1) is 0 Å². The van der Waals surface area contributed by atoms with Crippen LogP contribution in [-0.2, 0) is 23.8 Å². The van der Waals surface area contributed by atoms with E-state index in [4.69, 9.17) is 9.47 Å². The lowest BCUT2D eigenvalue weighted by molar-refractivity contribution is -0.145. The third-order valence-electron chi connectivity index (χ3n) is 2.91. The lowest BCUT2D eigenvalue weighted by Gasteiger charge is -2.23. The Labute approximate surface area is 129 Å². The number of benzene rings is 1. The van der Waals surface area contributed by atoms with Gasteiger partial charge in [-0.05, 0) is 17.7 Å². The highest BCUT2D eigenvalue weighted by Crippen LogP contribution is 2.34. The Hall–Kier alpha value is -2.23. The summed E-state index contributed by atoms with van der Waals surface area (Å²) in [7, 11) is -4.38. The van der Waals surface area contributed by atoms with Gasteiger partial charge in [0.25, 0.3) is 0 Å². The number of carbonyl (C=O) groups is 1. The first-order valence-corrected chi connectivity index (χ1v) is 7.59. The van der Waals surface area contributed by atoms with Crippen LogP contribution in [0.25, 0.3) is 0 Å². The molecule has 0 aromatic heterocycles. The zero-order valence-electron chi connectivity index (χ0n) is 11.7. The van der Waals surface area contributed by atoms with Crippen molar-refractivity contribution in [3.8, 4) is 5.75 Å². The molecular weight excluding hydrogens is 341 g/mol. The van der Waals surface area contributed by atoms with E-state index in [9.17, 15) is 26.4 Å². The lowest BCUT2D eigenvalue weighted by Crippen LogP contribution is -2.27. The van der Waals surface area contributed by atoms with Gasteiger partial charge in [-0.25, -0.2) is 4.79 Å². The Kier molecular flexibility index (Phi) is 4.55. The molecule has 0 saturated carbocycles. The molecule has 0 fully saturated rings. The van der Waals surface area contributed by atoms with Crippen molar-refractivity contribution in [1.82, 2.24) is 0 Å². The van der Waals surface area contributed by atoms with Gasteiger partial charge in [0.05, 0.1) is 13.2 Å². The molecule has 0 spiro atoms. The molecule has 1 aliphatic heterocycles. The molecule has 2 rings (SSSR count). The van der Waals surface area contributed by atoms with Gasteiger partial charge in [-0.2, -0.15) is 21.6 Å². The molecule has 1 atom stereocenters. The van der Waals surface area contributed by atoms with Crippen molar-refractivity contribution < 1.29 is 40.0 Å². The number of methoxy groups -OCH3 is 1. The van der Waals surface area contributed by atoms with Gasteiger partial charge in [0.2, 0.25) is 0 Å². The third kappa shape index (κ3) is 3.95. The number of halogens is 3. The van der Waals surface area contributed by atoms with Crippen molar-refractivity contribution in [2.75, 3.05) is 7.11 Å². The van der Waals surface area contributed by atoms with Crippen molar-refractivity contribution in [2.24, 2.45) is 0 Å². The summed E-state index contributed by atoms with van der Waals surface area (Å²) in [5.74, 6) is -1.11. The van der Waals surface area contributed by atoms with Crippen molar-refractivity contribution in [3.63, 3.8) is 0 Å². The van der Waals surface area contributed by atoms with Gasteiger partial charge in [0.1, 0.15) is 17.6 Å². The molecule has 126 valence electrons. The number of hydrogen-bond donors (Lipinski definition) is 0. The fourth-order valence-corrected chi connectivity index (χ4v) is 2.33. The fraction of sp³-hybridized carbons (Fsp3) is 0.308. The predicted molar refractivity (Wildman–Crippen MR) is 70.6 cm³/mol. The van der Waals surface area contributed by atoms with E-state index in [1.165, 1.54) is 19.2 Å². The van der Waals surface area contributed by atoms with Crippen LogP contribution in [0.4, 0.5) is 13.2 Å². The van der Waals surface area contributed by atoms with Gasteiger partial charge >= 0.3 is 21.6 Å². The molecule has 1 aromatic carbocycles. The molecule has 0 bridgehead atoms. The number of esters is 1. The van der Waals surface area contributed by atoms with Crippen molar-refractivity contribution in [1.29, 1.82) is 0 Å². The van der Waals surface area contributed by atoms with Crippen molar-refractivity contribution >= 4 is 16.1 Å². The molecule has 1 aliphatic rings. The van der Waals surface area contributed by atoms with Gasteiger partial charge in [-0.1, -0.05) is 12.1 Å². The van der Waals surface area contributed by atoms with Gasteiger partial charge in [0, 0.05) is 6.42 Å². The average Bonchev–Trinajstić information content (AvgIpc) is 2.45. The zero-order valence-corrected chi connectivity index (χ0v) is 12.5. The van der Waals surface area contributed by atoms with Crippen LogP contribution in [-0.4, -0.2) is 27.0 Å². The van der Waals surface area contributed by atoms with Crippen molar-refractivity contribution in [2.45, 2.75) is 18.0 Å². The Bertz CT molecular complexity index is 721. The average molecular weight is 352 g/mol. The molecule has 1 unspecified atom stereocenters. The van der Waals surface area contributed by atoms with E-state index in [1.807, 2.05) is 0 Å². The monoisotopic (exact) mass is 352 g/mol. The molecule has 1 aromatic rings. The minimum atomic E-state index is -5.83. The summed E-state index contributed by atoms with van der Waals surface area (Å²) >= 11 is 0. The maximum Gasteiger partial charge on any atom is 0.534 e. The van der Waals surface area contributed by atoms with E-state index in [2.05, 4.69) is 4.18 Å². The number of carbonyl (C=O) groups excluding carboxylic acids is 1. The lowest BCUT2D eigenvalue weighted by atomic mass is 10.0. The molecule has 0 N–H and O–H groups in total. The SMILES string of the molecule is COc1ccc(C2CC(OS(=O)(=O)C(F)(F)F)=CC(=O)O2)cc1. The topological polar surface area (TPSA) is 78.9 Å². The van der Waals surface area contributed by atoms with Crippen LogP contribution in [0.2, 0.25) is 0 Å². The van der Waals surface area contributed by atoms with E-state index in [1.54, 1.807) is 12.1 Å². The standard InChI is InChI=1S/C13H11F3O6S/c1-20-9-4-2-8(3-5-9)11-6-10(7-12(17)21-11)22-23(18,19)13(14,15)16/h2-5,7,11H,6H2,1H3. The Balaban J connectivity index is 2.19. The van der Waals surface area contributed by atoms with Gasteiger partial charge < -0.3 is 13.7 Å². The highest BCUT2D eigenvalue weighted by molar-refractivity contribution is 7.87. The van der Waals surface area contributed by atoms with Crippen LogP contribution < -0.4 is 4.74 Å². The number of rotatable bonds is 4. The maximum atomic E-state index is 12.3. The molecule has 0 amide bonds. The van der Waals surface area contributed by atoms with E-state index in [-0.39, 0.29) is 6.42 Å². The molecular formula is C13H11F3O6S. The van der Waals surface area contributed by atoms with Crippen LogP contribution in [0.5, 0.6) is 5.75 Å². The molecule has 10 heteroatoms. The maximum absolute atomic E-state index is 12.3. The normalized spacial score (nSPS) is 18.9. The summed E-state index contributed by atoms with van der Waals surface area (Å²) in [6.07, 6.45) is -0.728. The molecule has 0 radical (unpaired) electrons. The quantitative estimate of drug-likeness (QED) is 0.470. The van der Waals surface area contributed by atoms with Gasteiger partial charge in [0.15, 0.2) is 0 Å². The van der Waals surface area contributed by atoms with Crippen LogP contribution in [0.1, 0.15) is 18.1 Å². The summed E-state index contributed by atoms with van der Waals surface area (Å²) < 4.78 is 72.9. The molecule has 0 saturated heterocycles. The first kappa shape index (κ1) is 17.1. The van der Waals surface area contributed by atoms with Crippen LogP contribution in [0.3, 0.4) is 0 Å². The molecule has 23 heavy (non-hydrogen) atoms. The van der Waals surface area contributed by atoms with E-state index >= 15 is 0 Å². The first-order valence-electron chi connectivity index (χ1n) is 6.18. The second kappa shape index (κ2) is 6.11. The molecule has 1 heterocycles. The minimum absolute atomic E-state index is 0.340. The molecule has 6 nitrogen and oxygen atoms in total. The van der Waals surface area contributed by atoms with Crippen LogP contribution >= 0.6 is 0 Å². The highest BCUT2D eigenvalue weighted by Gasteiger charge is 2.49. The van der Waals surface area contributed by atoms with E-state index < -0.39 is 33.5 Å². The zero-order chi connectivity index (χ0) is 17.3. The number of hydrogen-bond acceptors (Lipinski definition) is 6. The number of ether oxygens (including phenoxy) is 2. The predicted octanol–water partition coefficient (Wildman–Crippen LogP) is 2.43. The van der Waals surface area contributed by atoms with E-state index in [0.29, 0.717) is 17.4 Å². The largest absolute Gasteiger partial charge is 0.534 e. The summed E-state index contributed by atoms with van der Waals surface area (Å²) in [6, 6.07) is 6.21. The molecule has 0 aliphatic carbocycles. The Morgan fingerprint density at radius 1 is 1.22 bits per heavy atom. The van der Waals surface area contributed by atoms with Gasteiger partial charge in [-0.3, -0.25) is 0 Å². The Morgan fingerprint density at radius 3 is 2.35 bits per heavy atom. The fourth-order valence-electron chi connectivity index (χ4n) is 1.84. The number of alkyl halides is 3. The van der Waals surface area contributed by atoms with Gasteiger partial charge in [-0.15, -0.1) is 0 Å². The minimum Gasteiger partial charge on any atom is -0.497 e. The highest BCUT2D eigenvalue weighted by atomic mass is 32.2. The van der Waals surface area contributed by atoms with Crippen LogP contribution in [0.15, 0.2) is 36.1 Å². The Morgan fingerprint density at radius 2 is 1.83 bits per heavy atom. The summed E-state index contributed by atoms with van der Waals surface area (Å²) in [6.45, 7) is 0. The second-order valence-corrected chi connectivity index (χ2v) is 6.03. The second-order valence-electron chi connectivity index (χ2n) is 4.50. The van der Waals surface area contributed by atoms with Crippen molar-refractivity contribution in [3.05, 3.63) is 41.7 Å². The first-order chi connectivity index (χ1) is 10.6. The third-order valence-corrected chi connectivity index (χ3v) is 3.91. The van der Waals surface area contributed by atoms with E-state index in [0.717, 1.165) is 0 Å². The summed E-state index contributed by atoms with van der Waals surface area (Å²) in [5.41, 5.74) is -5.12. The summed E-state index contributed by atoms with van der Waals surface area (Å²) in [5, 5.41) is 0.